The van der Waals surface area contributed by atoms with E-state index in [1.165, 1.54) is 0 Å². The molecule has 5 nitrogen and oxygen atoms in total. The van der Waals surface area contributed by atoms with Crippen LogP contribution >= 0.6 is 11.6 Å². The number of rotatable bonds is 4. The summed E-state index contributed by atoms with van der Waals surface area (Å²) in [4.78, 5) is 0. The van der Waals surface area contributed by atoms with Crippen molar-refractivity contribution in [3.05, 3.63) is 40.6 Å². The van der Waals surface area contributed by atoms with Crippen LogP contribution in [0.15, 0.2) is 22.8 Å². The standard InChI is InChI=1S/C11H15ClN4O/c1-7-5-8(16(2)15-7)6-10(14-13)9-3-4-17-11(9)12/h3-5,10,14H,6,13H2,1-2H3. The quantitative estimate of drug-likeness (QED) is 0.644. The van der Waals surface area contributed by atoms with Crippen molar-refractivity contribution < 1.29 is 4.42 Å². The maximum absolute atomic E-state index is 5.94. The fourth-order valence-electron chi connectivity index (χ4n) is 1.88. The van der Waals surface area contributed by atoms with E-state index in [0.717, 1.165) is 17.0 Å². The van der Waals surface area contributed by atoms with Crippen LogP contribution in [0.4, 0.5) is 0 Å². The molecule has 0 aliphatic carbocycles. The van der Waals surface area contributed by atoms with Crippen LogP contribution in [-0.4, -0.2) is 9.78 Å². The van der Waals surface area contributed by atoms with Gasteiger partial charge in [-0.1, -0.05) is 0 Å². The lowest BCUT2D eigenvalue weighted by Gasteiger charge is -2.14. The van der Waals surface area contributed by atoms with Gasteiger partial charge in [0.15, 0.2) is 5.22 Å². The molecular formula is C11H15ClN4O. The van der Waals surface area contributed by atoms with Crippen LogP contribution < -0.4 is 11.3 Å². The van der Waals surface area contributed by atoms with Crippen molar-refractivity contribution in [2.75, 3.05) is 0 Å². The van der Waals surface area contributed by atoms with E-state index in [9.17, 15) is 0 Å². The number of hydrazine groups is 1. The van der Waals surface area contributed by atoms with Crippen molar-refractivity contribution in [3.8, 4) is 0 Å². The van der Waals surface area contributed by atoms with E-state index < -0.39 is 0 Å². The number of nitrogens with zero attached hydrogens (tertiary/aromatic N) is 2. The lowest BCUT2D eigenvalue weighted by Crippen LogP contribution is -2.30. The average Bonchev–Trinajstić information content (AvgIpc) is 2.82. The summed E-state index contributed by atoms with van der Waals surface area (Å²) in [6.07, 6.45) is 2.25. The van der Waals surface area contributed by atoms with E-state index in [1.807, 2.05) is 30.8 Å². The predicted molar refractivity (Wildman–Crippen MR) is 65.4 cm³/mol. The lowest BCUT2D eigenvalue weighted by molar-refractivity contribution is 0.513. The van der Waals surface area contributed by atoms with Gasteiger partial charge in [0.1, 0.15) is 0 Å². The molecule has 0 spiro atoms. The third-order valence-electron chi connectivity index (χ3n) is 2.73. The number of aryl methyl sites for hydroxylation is 2. The van der Waals surface area contributed by atoms with E-state index in [0.29, 0.717) is 11.6 Å². The van der Waals surface area contributed by atoms with Crippen LogP contribution in [0.1, 0.15) is 23.0 Å². The molecule has 92 valence electrons. The first-order chi connectivity index (χ1) is 8.11. The Labute approximate surface area is 105 Å². The monoisotopic (exact) mass is 254 g/mol. The van der Waals surface area contributed by atoms with Gasteiger partial charge in [-0.2, -0.15) is 5.10 Å². The highest BCUT2D eigenvalue weighted by Crippen LogP contribution is 2.26. The summed E-state index contributed by atoms with van der Waals surface area (Å²) in [5, 5.41) is 4.66. The third kappa shape index (κ3) is 2.52. The molecule has 17 heavy (non-hydrogen) atoms. The molecule has 1 atom stereocenters. The van der Waals surface area contributed by atoms with Crippen LogP contribution in [0.5, 0.6) is 0 Å². The molecule has 2 aromatic rings. The molecule has 0 saturated carbocycles. The van der Waals surface area contributed by atoms with Gasteiger partial charge in [-0.05, 0) is 30.7 Å². The predicted octanol–water partition coefficient (Wildman–Crippen LogP) is 1.72. The highest BCUT2D eigenvalue weighted by Gasteiger charge is 2.18. The summed E-state index contributed by atoms with van der Waals surface area (Å²) in [6.45, 7) is 1.96. The smallest absolute Gasteiger partial charge is 0.197 e. The molecule has 6 heteroatoms. The van der Waals surface area contributed by atoms with Crippen molar-refractivity contribution in [1.82, 2.24) is 15.2 Å². The Morgan fingerprint density at radius 2 is 2.41 bits per heavy atom. The lowest BCUT2D eigenvalue weighted by atomic mass is 10.1. The minimum atomic E-state index is -0.0870. The van der Waals surface area contributed by atoms with Crippen LogP contribution in [0.2, 0.25) is 5.22 Å². The number of halogens is 1. The van der Waals surface area contributed by atoms with Crippen molar-refractivity contribution in [2.45, 2.75) is 19.4 Å². The van der Waals surface area contributed by atoms with Gasteiger partial charge in [0.05, 0.1) is 18.0 Å². The molecule has 2 rings (SSSR count). The maximum Gasteiger partial charge on any atom is 0.197 e. The number of furan rings is 1. The largest absolute Gasteiger partial charge is 0.453 e. The molecule has 2 heterocycles. The van der Waals surface area contributed by atoms with E-state index in [2.05, 4.69) is 10.5 Å². The summed E-state index contributed by atoms with van der Waals surface area (Å²) >= 11 is 5.94. The molecule has 1 unspecified atom stereocenters. The van der Waals surface area contributed by atoms with Crippen LogP contribution in [0, 0.1) is 6.92 Å². The fourth-order valence-corrected chi connectivity index (χ4v) is 2.12. The Balaban J connectivity index is 2.21. The zero-order valence-corrected chi connectivity index (χ0v) is 10.5. The summed E-state index contributed by atoms with van der Waals surface area (Å²) in [7, 11) is 1.91. The van der Waals surface area contributed by atoms with Gasteiger partial charge in [-0.25, -0.2) is 0 Å². The zero-order chi connectivity index (χ0) is 12.4. The average molecular weight is 255 g/mol. The van der Waals surface area contributed by atoms with E-state index in [1.54, 1.807) is 6.26 Å². The van der Waals surface area contributed by atoms with Crippen molar-refractivity contribution in [2.24, 2.45) is 12.9 Å². The molecule has 0 aromatic carbocycles. The second-order valence-corrected chi connectivity index (χ2v) is 4.32. The van der Waals surface area contributed by atoms with Crippen molar-refractivity contribution in [3.63, 3.8) is 0 Å². The highest BCUT2D eigenvalue weighted by atomic mass is 35.5. The molecule has 2 aromatic heterocycles. The van der Waals surface area contributed by atoms with Gasteiger partial charge in [-0.3, -0.25) is 16.0 Å². The number of nitrogens with one attached hydrogen (secondary N) is 1. The van der Waals surface area contributed by atoms with Crippen molar-refractivity contribution >= 4 is 11.6 Å². The summed E-state index contributed by atoms with van der Waals surface area (Å²) in [5.41, 5.74) is 5.67. The molecule has 3 N–H and O–H groups in total. The minimum absolute atomic E-state index is 0.0870. The topological polar surface area (TPSA) is 69.0 Å². The molecule has 0 radical (unpaired) electrons. The third-order valence-corrected chi connectivity index (χ3v) is 3.04. The van der Waals surface area contributed by atoms with E-state index >= 15 is 0 Å². The number of aromatic nitrogens is 2. The fraction of sp³-hybridized carbons (Fsp3) is 0.364. The van der Waals surface area contributed by atoms with Gasteiger partial charge in [0, 0.05) is 24.7 Å². The maximum atomic E-state index is 5.94. The Morgan fingerprint density at radius 1 is 1.65 bits per heavy atom. The molecule has 0 aliphatic rings. The van der Waals surface area contributed by atoms with Gasteiger partial charge in [-0.15, -0.1) is 0 Å². The molecule has 0 aliphatic heterocycles. The van der Waals surface area contributed by atoms with Gasteiger partial charge >= 0.3 is 0 Å². The first-order valence-corrected chi connectivity index (χ1v) is 5.68. The molecule has 0 saturated heterocycles. The highest BCUT2D eigenvalue weighted by molar-refractivity contribution is 6.29. The molecular weight excluding hydrogens is 240 g/mol. The summed E-state index contributed by atoms with van der Waals surface area (Å²) in [5.74, 6) is 5.56. The minimum Gasteiger partial charge on any atom is -0.453 e. The Hall–Kier alpha value is -1.30. The summed E-state index contributed by atoms with van der Waals surface area (Å²) in [6, 6.07) is 3.75. The van der Waals surface area contributed by atoms with Gasteiger partial charge in [0.2, 0.25) is 0 Å². The number of hydrogen-bond donors (Lipinski definition) is 2. The first-order valence-electron chi connectivity index (χ1n) is 5.30. The van der Waals surface area contributed by atoms with Crippen LogP contribution in [0.25, 0.3) is 0 Å². The number of nitrogens with two attached hydrogens (primary N) is 1. The first kappa shape index (κ1) is 12.2. The van der Waals surface area contributed by atoms with Gasteiger partial charge < -0.3 is 4.42 Å². The number of hydrogen-bond acceptors (Lipinski definition) is 4. The second-order valence-electron chi connectivity index (χ2n) is 3.97. The Morgan fingerprint density at radius 3 is 2.88 bits per heavy atom. The van der Waals surface area contributed by atoms with E-state index in [4.69, 9.17) is 21.9 Å². The SMILES string of the molecule is Cc1cc(CC(NN)c2ccoc2Cl)n(C)n1. The van der Waals surface area contributed by atoms with Gasteiger partial charge in [0.25, 0.3) is 0 Å². The summed E-state index contributed by atoms with van der Waals surface area (Å²) < 4.78 is 6.91. The van der Waals surface area contributed by atoms with Crippen molar-refractivity contribution in [1.29, 1.82) is 0 Å². The molecule has 0 fully saturated rings. The Kier molecular flexibility index (Phi) is 3.51. The zero-order valence-electron chi connectivity index (χ0n) is 9.77. The normalized spacial score (nSPS) is 12.9. The van der Waals surface area contributed by atoms with Crippen LogP contribution in [-0.2, 0) is 13.5 Å². The molecule has 0 amide bonds. The van der Waals surface area contributed by atoms with E-state index in [-0.39, 0.29) is 6.04 Å². The Bertz CT molecular complexity index is 505. The molecule has 0 bridgehead atoms. The second kappa shape index (κ2) is 4.91. The van der Waals surface area contributed by atoms with Crippen LogP contribution in [0.3, 0.4) is 0 Å².